The van der Waals surface area contributed by atoms with E-state index in [1.54, 1.807) is 25.6 Å². The number of ether oxygens (including phenoxy) is 2. The first-order chi connectivity index (χ1) is 10.3. The summed E-state index contributed by atoms with van der Waals surface area (Å²) in [6, 6.07) is 8.15. The number of nitrogens with zero attached hydrogens (tertiary/aromatic N) is 2. The van der Waals surface area contributed by atoms with Gasteiger partial charge in [-0.15, -0.1) is 21.5 Å². The van der Waals surface area contributed by atoms with Gasteiger partial charge in [-0.05, 0) is 24.1 Å². The molecule has 114 valence electrons. The van der Waals surface area contributed by atoms with Gasteiger partial charge in [0, 0.05) is 26.6 Å². The zero-order valence-corrected chi connectivity index (χ0v) is 13.3. The molecule has 0 saturated heterocycles. The summed E-state index contributed by atoms with van der Waals surface area (Å²) in [5.74, 6) is 0.888. The highest BCUT2D eigenvalue weighted by Gasteiger charge is 2.04. The van der Waals surface area contributed by atoms with Crippen molar-refractivity contribution in [3.63, 3.8) is 0 Å². The molecule has 0 aliphatic heterocycles. The number of hydrogen-bond donors (Lipinski definition) is 1. The Labute approximate surface area is 129 Å². The third kappa shape index (κ3) is 5.41. The Bertz CT molecular complexity index is 528. The fourth-order valence-corrected chi connectivity index (χ4v) is 2.69. The molecule has 1 heterocycles. The lowest BCUT2D eigenvalue weighted by atomic mass is 10.1. The van der Waals surface area contributed by atoms with Crippen LogP contribution in [0.4, 0.5) is 0 Å². The second-order valence-electron chi connectivity index (χ2n) is 4.61. The summed E-state index contributed by atoms with van der Waals surface area (Å²) in [6.07, 6.45) is 1.89. The summed E-state index contributed by atoms with van der Waals surface area (Å²) in [5.41, 5.74) is 1.28. The lowest BCUT2D eigenvalue weighted by molar-refractivity contribution is 0.199. The molecule has 2 rings (SSSR count). The molecule has 0 amide bonds. The van der Waals surface area contributed by atoms with Crippen molar-refractivity contribution in [1.29, 1.82) is 0 Å². The fourth-order valence-electron chi connectivity index (χ4n) is 1.87. The van der Waals surface area contributed by atoms with E-state index in [0.29, 0.717) is 6.61 Å². The number of hydrogen-bond acceptors (Lipinski definition) is 6. The lowest BCUT2D eigenvalue weighted by Crippen LogP contribution is -2.18. The van der Waals surface area contributed by atoms with Crippen LogP contribution in [-0.4, -0.2) is 37.6 Å². The Morgan fingerprint density at radius 1 is 1.05 bits per heavy atom. The molecule has 0 bridgehead atoms. The Balaban J connectivity index is 1.76. The maximum absolute atomic E-state index is 5.15. The zero-order chi connectivity index (χ0) is 14.9. The van der Waals surface area contributed by atoms with Crippen LogP contribution in [0.1, 0.15) is 15.6 Å². The molecule has 0 atom stereocenters. The molecule has 0 aliphatic carbocycles. The van der Waals surface area contributed by atoms with Gasteiger partial charge in [-0.3, -0.25) is 0 Å². The number of nitrogens with one attached hydrogen (secondary N) is 1. The SMILES string of the molecule is COCCNCc1nnc(CCc2ccc(OC)cc2)s1. The molecule has 0 saturated carbocycles. The van der Waals surface area contributed by atoms with Crippen LogP contribution in [0.5, 0.6) is 5.75 Å². The highest BCUT2D eigenvalue weighted by molar-refractivity contribution is 7.11. The van der Waals surface area contributed by atoms with Gasteiger partial charge in [-0.1, -0.05) is 12.1 Å². The van der Waals surface area contributed by atoms with Gasteiger partial charge in [0.25, 0.3) is 0 Å². The second-order valence-corrected chi connectivity index (χ2v) is 5.75. The summed E-state index contributed by atoms with van der Waals surface area (Å²) in [5, 5.41) is 13.8. The van der Waals surface area contributed by atoms with Crippen LogP contribution in [0.25, 0.3) is 0 Å². The predicted molar refractivity (Wildman–Crippen MR) is 83.9 cm³/mol. The molecule has 0 fully saturated rings. The fraction of sp³-hybridized carbons (Fsp3) is 0.467. The van der Waals surface area contributed by atoms with Crippen LogP contribution in [0.15, 0.2) is 24.3 Å². The van der Waals surface area contributed by atoms with E-state index in [1.165, 1.54) is 5.56 Å². The number of methoxy groups -OCH3 is 2. The topological polar surface area (TPSA) is 56.3 Å². The van der Waals surface area contributed by atoms with E-state index in [-0.39, 0.29) is 0 Å². The standard InChI is InChI=1S/C15H21N3O2S/c1-19-10-9-16-11-15-18-17-14(21-15)8-5-12-3-6-13(20-2)7-4-12/h3-4,6-7,16H,5,8-11H2,1-2H3. The van der Waals surface area contributed by atoms with Crippen molar-refractivity contribution in [1.82, 2.24) is 15.5 Å². The number of aryl methyl sites for hydroxylation is 2. The van der Waals surface area contributed by atoms with Crippen LogP contribution in [0, 0.1) is 0 Å². The molecule has 6 heteroatoms. The highest BCUT2D eigenvalue weighted by atomic mass is 32.1. The minimum atomic E-state index is 0.711. The maximum Gasteiger partial charge on any atom is 0.131 e. The maximum atomic E-state index is 5.15. The minimum Gasteiger partial charge on any atom is -0.497 e. The van der Waals surface area contributed by atoms with Crippen molar-refractivity contribution in [2.24, 2.45) is 0 Å². The lowest BCUT2D eigenvalue weighted by Gasteiger charge is -2.02. The van der Waals surface area contributed by atoms with Gasteiger partial charge < -0.3 is 14.8 Å². The number of benzene rings is 1. The third-order valence-electron chi connectivity index (χ3n) is 3.05. The third-order valence-corrected chi connectivity index (χ3v) is 4.04. The number of rotatable bonds is 9. The molecule has 0 radical (unpaired) electrons. The molecular weight excluding hydrogens is 286 g/mol. The molecule has 2 aromatic rings. The first kappa shape index (κ1) is 15.9. The normalized spacial score (nSPS) is 10.8. The smallest absolute Gasteiger partial charge is 0.131 e. The van der Waals surface area contributed by atoms with E-state index < -0.39 is 0 Å². The second kappa shape index (κ2) is 8.71. The van der Waals surface area contributed by atoms with Crippen molar-refractivity contribution in [3.05, 3.63) is 39.8 Å². The molecule has 0 aliphatic rings. The quantitative estimate of drug-likeness (QED) is 0.719. The van der Waals surface area contributed by atoms with Crippen molar-refractivity contribution in [2.75, 3.05) is 27.4 Å². The molecule has 1 aromatic carbocycles. The Hall–Kier alpha value is -1.50. The van der Waals surface area contributed by atoms with Gasteiger partial charge in [0.05, 0.1) is 13.7 Å². The Morgan fingerprint density at radius 3 is 2.52 bits per heavy atom. The van der Waals surface area contributed by atoms with E-state index >= 15 is 0 Å². The van der Waals surface area contributed by atoms with Gasteiger partial charge in [0.2, 0.25) is 0 Å². The van der Waals surface area contributed by atoms with Gasteiger partial charge in [-0.25, -0.2) is 0 Å². The minimum absolute atomic E-state index is 0.711. The molecule has 0 spiro atoms. The average molecular weight is 307 g/mol. The zero-order valence-electron chi connectivity index (χ0n) is 12.5. The van der Waals surface area contributed by atoms with Crippen molar-refractivity contribution < 1.29 is 9.47 Å². The monoisotopic (exact) mass is 307 g/mol. The van der Waals surface area contributed by atoms with Crippen LogP contribution in [-0.2, 0) is 24.1 Å². The molecule has 1 aromatic heterocycles. The van der Waals surface area contributed by atoms with Crippen LogP contribution in [0.3, 0.4) is 0 Å². The largest absolute Gasteiger partial charge is 0.497 e. The van der Waals surface area contributed by atoms with Crippen LogP contribution >= 0.6 is 11.3 Å². The van der Waals surface area contributed by atoms with E-state index in [2.05, 4.69) is 27.6 Å². The highest BCUT2D eigenvalue weighted by Crippen LogP contribution is 2.15. The summed E-state index contributed by atoms with van der Waals surface area (Å²) in [7, 11) is 3.38. The van der Waals surface area contributed by atoms with E-state index in [1.807, 2.05) is 12.1 Å². The van der Waals surface area contributed by atoms with Crippen molar-refractivity contribution >= 4 is 11.3 Å². The van der Waals surface area contributed by atoms with Crippen LogP contribution < -0.4 is 10.1 Å². The first-order valence-electron chi connectivity index (χ1n) is 6.95. The van der Waals surface area contributed by atoms with Crippen molar-refractivity contribution in [3.8, 4) is 5.75 Å². The van der Waals surface area contributed by atoms with E-state index in [0.717, 1.165) is 41.7 Å². The van der Waals surface area contributed by atoms with Gasteiger partial charge in [0.1, 0.15) is 15.8 Å². The summed E-state index contributed by atoms with van der Waals surface area (Å²) >= 11 is 1.67. The summed E-state index contributed by atoms with van der Waals surface area (Å²) < 4.78 is 10.1. The van der Waals surface area contributed by atoms with E-state index in [4.69, 9.17) is 9.47 Å². The Morgan fingerprint density at radius 2 is 1.81 bits per heavy atom. The van der Waals surface area contributed by atoms with Gasteiger partial charge in [0.15, 0.2) is 0 Å². The van der Waals surface area contributed by atoms with Crippen molar-refractivity contribution in [2.45, 2.75) is 19.4 Å². The molecular formula is C15H21N3O2S. The molecule has 21 heavy (non-hydrogen) atoms. The predicted octanol–water partition coefficient (Wildman–Crippen LogP) is 2.07. The van der Waals surface area contributed by atoms with Gasteiger partial charge >= 0.3 is 0 Å². The molecule has 0 unspecified atom stereocenters. The molecule has 1 N–H and O–H groups in total. The summed E-state index contributed by atoms with van der Waals surface area (Å²) in [4.78, 5) is 0. The van der Waals surface area contributed by atoms with E-state index in [9.17, 15) is 0 Å². The van der Waals surface area contributed by atoms with Gasteiger partial charge in [-0.2, -0.15) is 0 Å². The average Bonchev–Trinajstić information content (AvgIpc) is 2.98. The first-order valence-corrected chi connectivity index (χ1v) is 7.77. The number of aromatic nitrogens is 2. The van der Waals surface area contributed by atoms with Crippen LogP contribution in [0.2, 0.25) is 0 Å². The Kier molecular flexibility index (Phi) is 6.59. The molecule has 5 nitrogen and oxygen atoms in total. The summed E-state index contributed by atoms with van der Waals surface area (Å²) in [6.45, 7) is 2.30.